The van der Waals surface area contributed by atoms with E-state index in [-0.39, 0.29) is 6.09 Å². The van der Waals surface area contributed by atoms with Gasteiger partial charge in [-0.05, 0) is 39.7 Å². The van der Waals surface area contributed by atoms with Crippen LogP contribution < -0.4 is 10.6 Å². The molecule has 0 aliphatic carbocycles. The Kier molecular flexibility index (Phi) is 10.0. The predicted molar refractivity (Wildman–Crippen MR) is 118 cm³/mol. The van der Waals surface area contributed by atoms with Gasteiger partial charge in [0.1, 0.15) is 0 Å². The number of ether oxygens (including phenoxy) is 1. The number of piperazine rings is 1. The van der Waals surface area contributed by atoms with Crippen molar-refractivity contribution in [2.45, 2.75) is 52.6 Å². The zero-order valence-corrected chi connectivity index (χ0v) is 19.1. The van der Waals surface area contributed by atoms with Crippen molar-refractivity contribution in [2.75, 3.05) is 66.0 Å². The first-order valence-electron chi connectivity index (χ1n) is 11.3. The average Bonchev–Trinajstić information content (AvgIpc) is 2.70. The molecule has 29 heavy (non-hydrogen) atoms. The summed E-state index contributed by atoms with van der Waals surface area (Å²) >= 11 is 0. The van der Waals surface area contributed by atoms with Crippen LogP contribution in [-0.4, -0.2) is 105 Å². The zero-order valence-electron chi connectivity index (χ0n) is 19.1. The number of rotatable bonds is 7. The van der Waals surface area contributed by atoms with Crippen LogP contribution in [-0.2, 0) is 4.74 Å². The third-order valence-corrected chi connectivity index (χ3v) is 5.92. The predicted octanol–water partition coefficient (Wildman–Crippen LogP) is 1.43. The molecule has 8 heteroatoms. The molecule has 2 saturated heterocycles. The van der Waals surface area contributed by atoms with Gasteiger partial charge >= 0.3 is 6.09 Å². The molecule has 0 aromatic rings. The summed E-state index contributed by atoms with van der Waals surface area (Å²) in [4.78, 5) is 23.6. The largest absolute Gasteiger partial charge is 0.450 e. The maximum atomic E-state index is 11.9. The number of carbonyl (C=O) groups excluding carboxylic acids is 1. The van der Waals surface area contributed by atoms with Crippen molar-refractivity contribution in [3.8, 4) is 0 Å². The summed E-state index contributed by atoms with van der Waals surface area (Å²) in [7, 11) is 2.19. The number of hydrogen-bond acceptors (Lipinski definition) is 5. The molecule has 0 aromatic heterocycles. The van der Waals surface area contributed by atoms with Crippen molar-refractivity contribution in [1.82, 2.24) is 25.3 Å². The maximum absolute atomic E-state index is 11.9. The molecule has 168 valence electrons. The number of aliphatic imine (C=N–C) groups is 1. The molecule has 0 spiro atoms. The van der Waals surface area contributed by atoms with Crippen LogP contribution in [0, 0.1) is 5.92 Å². The van der Waals surface area contributed by atoms with E-state index in [9.17, 15) is 4.79 Å². The Morgan fingerprint density at radius 2 is 1.76 bits per heavy atom. The molecule has 0 saturated carbocycles. The molecule has 1 amide bonds. The maximum Gasteiger partial charge on any atom is 0.409 e. The van der Waals surface area contributed by atoms with Gasteiger partial charge in [-0.25, -0.2) is 4.79 Å². The topological polar surface area (TPSA) is 72.4 Å². The highest BCUT2D eigenvalue weighted by atomic mass is 16.6. The third kappa shape index (κ3) is 7.66. The van der Waals surface area contributed by atoms with E-state index < -0.39 is 0 Å². The summed E-state index contributed by atoms with van der Waals surface area (Å²) in [6.07, 6.45) is 1.63. The lowest BCUT2D eigenvalue weighted by atomic mass is 10.0. The van der Waals surface area contributed by atoms with Crippen molar-refractivity contribution in [1.29, 1.82) is 0 Å². The van der Waals surface area contributed by atoms with Crippen LogP contribution in [0.2, 0.25) is 0 Å². The summed E-state index contributed by atoms with van der Waals surface area (Å²) in [5.41, 5.74) is 0. The first-order valence-corrected chi connectivity index (χ1v) is 11.3. The van der Waals surface area contributed by atoms with Crippen LogP contribution >= 0.6 is 0 Å². The van der Waals surface area contributed by atoms with E-state index in [4.69, 9.17) is 9.73 Å². The fraction of sp³-hybridized carbons (Fsp3) is 0.905. The number of piperidine rings is 1. The number of hydrogen-bond donors (Lipinski definition) is 2. The minimum atomic E-state index is -0.196. The lowest BCUT2D eigenvalue weighted by molar-refractivity contribution is 0.0923. The van der Waals surface area contributed by atoms with Gasteiger partial charge in [0.25, 0.3) is 0 Å². The minimum absolute atomic E-state index is 0.196. The molecule has 2 aliphatic rings. The van der Waals surface area contributed by atoms with Crippen LogP contribution in [0.3, 0.4) is 0 Å². The van der Waals surface area contributed by atoms with E-state index in [1.807, 2.05) is 6.92 Å². The third-order valence-electron chi connectivity index (χ3n) is 5.92. The van der Waals surface area contributed by atoms with Gasteiger partial charge in [0.2, 0.25) is 0 Å². The summed E-state index contributed by atoms with van der Waals surface area (Å²) in [5, 5.41) is 6.98. The molecule has 1 unspecified atom stereocenters. The number of carbonyl (C=O) groups is 1. The summed E-state index contributed by atoms with van der Waals surface area (Å²) < 4.78 is 5.11. The van der Waals surface area contributed by atoms with Crippen LogP contribution in [0.15, 0.2) is 4.99 Å². The lowest BCUT2D eigenvalue weighted by Gasteiger charge is -2.39. The van der Waals surface area contributed by atoms with Crippen molar-refractivity contribution in [2.24, 2.45) is 10.9 Å². The minimum Gasteiger partial charge on any atom is -0.450 e. The van der Waals surface area contributed by atoms with Gasteiger partial charge in [0, 0.05) is 57.9 Å². The van der Waals surface area contributed by atoms with Crippen LogP contribution in [0.4, 0.5) is 4.79 Å². The number of nitrogens with zero attached hydrogens (tertiary/aromatic N) is 4. The van der Waals surface area contributed by atoms with Gasteiger partial charge in [0.05, 0.1) is 13.2 Å². The molecule has 0 radical (unpaired) electrons. The second-order valence-electron chi connectivity index (χ2n) is 8.47. The van der Waals surface area contributed by atoms with Gasteiger partial charge in [0.15, 0.2) is 5.96 Å². The highest BCUT2D eigenvalue weighted by Gasteiger charge is 2.26. The van der Waals surface area contributed by atoms with E-state index in [2.05, 4.69) is 48.3 Å². The Morgan fingerprint density at radius 3 is 2.31 bits per heavy atom. The Hall–Kier alpha value is -1.54. The highest BCUT2D eigenvalue weighted by Crippen LogP contribution is 2.15. The van der Waals surface area contributed by atoms with E-state index in [0.717, 1.165) is 71.2 Å². The monoisotopic (exact) mass is 410 g/mol. The summed E-state index contributed by atoms with van der Waals surface area (Å²) in [6.45, 7) is 16.6. The first-order chi connectivity index (χ1) is 13.9. The molecule has 2 N–H and O–H groups in total. The lowest BCUT2D eigenvalue weighted by Crippen LogP contribution is -2.52. The number of likely N-dealkylation sites (tertiary alicyclic amines) is 1. The average molecular weight is 411 g/mol. The fourth-order valence-electron chi connectivity index (χ4n) is 4.02. The van der Waals surface area contributed by atoms with Gasteiger partial charge in [-0.3, -0.25) is 9.89 Å². The van der Waals surface area contributed by atoms with Gasteiger partial charge in [-0.1, -0.05) is 13.8 Å². The van der Waals surface area contributed by atoms with Gasteiger partial charge < -0.3 is 25.2 Å². The molecule has 0 bridgehead atoms. The van der Waals surface area contributed by atoms with Crippen LogP contribution in [0.5, 0.6) is 0 Å². The normalized spacial score (nSPS) is 21.3. The SMILES string of the molecule is CCNC(=NCC(C(C)C)N1CCN(C)CC1)NC1CCN(C(=O)OCC)CC1. The van der Waals surface area contributed by atoms with E-state index >= 15 is 0 Å². The van der Waals surface area contributed by atoms with Crippen molar-refractivity contribution >= 4 is 12.1 Å². The molecule has 2 aliphatic heterocycles. The van der Waals surface area contributed by atoms with E-state index in [1.165, 1.54) is 0 Å². The standard InChI is InChI=1S/C21H42N6O2/c1-6-22-20(24-18-8-10-27(11-9-18)21(28)29-7-2)23-16-19(17(3)4)26-14-12-25(5)13-15-26/h17-19H,6-16H2,1-5H3,(H2,22,23,24). The van der Waals surface area contributed by atoms with Crippen molar-refractivity contribution < 1.29 is 9.53 Å². The van der Waals surface area contributed by atoms with Gasteiger partial charge in [-0.2, -0.15) is 0 Å². The second kappa shape index (κ2) is 12.2. The fourth-order valence-corrected chi connectivity index (χ4v) is 4.02. The number of likely N-dealkylation sites (N-methyl/N-ethyl adjacent to an activating group) is 1. The number of nitrogens with one attached hydrogen (secondary N) is 2. The number of guanidine groups is 1. The molecule has 8 nitrogen and oxygen atoms in total. The van der Waals surface area contributed by atoms with Gasteiger partial charge in [-0.15, -0.1) is 0 Å². The summed E-state index contributed by atoms with van der Waals surface area (Å²) in [5.74, 6) is 1.46. The van der Waals surface area contributed by atoms with Crippen molar-refractivity contribution in [3.05, 3.63) is 0 Å². The Balaban J connectivity index is 1.89. The Bertz CT molecular complexity index is 511. The van der Waals surface area contributed by atoms with E-state index in [1.54, 1.807) is 4.90 Å². The van der Waals surface area contributed by atoms with Crippen LogP contribution in [0.1, 0.15) is 40.5 Å². The first kappa shape index (κ1) is 23.7. The Morgan fingerprint density at radius 1 is 1.10 bits per heavy atom. The molecule has 2 heterocycles. The quantitative estimate of drug-likeness (QED) is 0.489. The molecule has 2 rings (SSSR count). The molecule has 2 fully saturated rings. The zero-order chi connectivity index (χ0) is 21.2. The summed E-state index contributed by atoms with van der Waals surface area (Å²) in [6, 6.07) is 0.796. The van der Waals surface area contributed by atoms with Crippen LogP contribution in [0.25, 0.3) is 0 Å². The molecule has 0 aromatic carbocycles. The van der Waals surface area contributed by atoms with E-state index in [0.29, 0.717) is 24.6 Å². The molecular formula is C21H42N6O2. The molecular weight excluding hydrogens is 368 g/mol. The Labute approximate surface area is 177 Å². The molecule has 1 atom stereocenters. The van der Waals surface area contributed by atoms with Crippen molar-refractivity contribution in [3.63, 3.8) is 0 Å². The number of amides is 1. The smallest absolute Gasteiger partial charge is 0.409 e. The highest BCUT2D eigenvalue weighted by molar-refractivity contribution is 5.80. The second-order valence-corrected chi connectivity index (χ2v) is 8.47.